The predicted octanol–water partition coefficient (Wildman–Crippen LogP) is 3.02. The molecule has 1 aromatic rings. The van der Waals surface area contributed by atoms with E-state index >= 15 is 0 Å². The predicted molar refractivity (Wildman–Crippen MR) is 68.0 cm³/mol. The van der Waals surface area contributed by atoms with Crippen molar-refractivity contribution in [1.29, 1.82) is 0 Å². The zero-order valence-electron chi connectivity index (χ0n) is 10.9. The second-order valence-electron chi connectivity index (χ2n) is 5.74. The van der Waals surface area contributed by atoms with Gasteiger partial charge < -0.3 is 4.90 Å². The summed E-state index contributed by atoms with van der Waals surface area (Å²) in [6.45, 7) is 0. The minimum atomic E-state index is -0.681. The first-order valence-electron chi connectivity index (χ1n) is 6.77. The topological polar surface area (TPSA) is 20.3 Å². The summed E-state index contributed by atoms with van der Waals surface area (Å²) in [7, 11) is 2.10. The molecule has 102 valence electrons. The monoisotopic (exact) mass is 265 g/mol. The highest BCUT2D eigenvalue weighted by molar-refractivity contribution is 5.98. The van der Waals surface area contributed by atoms with Crippen LogP contribution in [0.25, 0.3) is 0 Å². The number of rotatable bonds is 2. The van der Waals surface area contributed by atoms with Gasteiger partial charge in [-0.25, -0.2) is 8.78 Å². The molecule has 2 aliphatic rings. The number of nitrogens with zero attached hydrogens (tertiary/aromatic N) is 1. The lowest BCUT2D eigenvalue weighted by Crippen LogP contribution is -2.42. The minimum absolute atomic E-state index is 0.0881. The molecule has 2 fully saturated rings. The quantitative estimate of drug-likeness (QED) is 0.766. The van der Waals surface area contributed by atoms with Crippen molar-refractivity contribution in [1.82, 2.24) is 4.90 Å². The van der Waals surface area contributed by atoms with Crippen molar-refractivity contribution in [2.24, 2.45) is 5.92 Å². The Balaban J connectivity index is 1.81. The number of piperidine rings is 1. The molecule has 0 amide bonds. The molecule has 0 aliphatic carbocycles. The van der Waals surface area contributed by atoms with Crippen molar-refractivity contribution >= 4 is 5.78 Å². The molecule has 0 aromatic heterocycles. The van der Waals surface area contributed by atoms with Gasteiger partial charge in [0.05, 0.1) is 0 Å². The molecule has 0 radical (unpaired) electrons. The van der Waals surface area contributed by atoms with Gasteiger partial charge in [0.1, 0.15) is 11.6 Å². The third kappa shape index (κ3) is 2.29. The highest BCUT2D eigenvalue weighted by atomic mass is 19.1. The van der Waals surface area contributed by atoms with E-state index < -0.39 is 11.6 Å². The number of fused-ring (bicyclic) bond motifs is 2. The SMILES string of the molecule is CN1C2CCC1CC(C(=O)c1cc(F)cc(F)c1)C2. The van der Waals surface area contributed by atoms with E-state index in [2.05, 4.69) is 11.9 Å². The average molecular weight is 265 g/mol. The number of Topliss-reactive ketones (excluding diaryl/α,β-unsaturated/α-hetero) is 1. The maximum Gasteiger partial charge on any atom is 0.166 e. The molecule has 0 saturated carbocycles. The Morgan fingerprint density at radius 2 is 1.63 bits per heavy atom. The molecule has 2 bridgehead atoms. The number of hydrogen-bond donors (Lipinski definition) is 0. The van der Waals surface area contributed by atoms with E-state index in [-0.39, 0.29) is 17.3 Å². The van der Waals surface area contributed by atoms with Crippen LogP contribution in [0.4, 0.5) is 8.78 Å². The summed E-state index contributed by atoms with van der Waals surface area (Å²) >= 11 is 0. The lowest BCUT2D eigenvalue weighted by molar-refractivity contribution is 0.0766. The molecular weight excluding hydrogens is 248 g/mol. The van der Waals surface area contributed by atoms with Crippen molar-refractivity contribution in [3.05, 3.63) is 35.4 Å². The highest BCUT2D eigenvalue weighted by Crippen LogP contribution is 2.38. The van der Waals surface area contributed by atoms with Crippen LogP contribution in [0.1, 0.15) is 36.0 Å². The molecule has 3 rings (SSSR count). The van der Waals surface area contributed by atoms with Gasteiger partial charge in [0.2, 0.25) is 0 Å². The molecule has 19 heavy (non-hydrogen) atoms. The van der Waals surface area contributed by atoms with E-state index in [1.54, 1.807) is 0 Å². The molecule has 2 aliphatic heterocycles. The molecule has 4 heteroatoms. The van der Waals surface area contributed by atoms with E-state index in [9.17, 15) is 13.6 Å². The Hall–Kier alpha value is -1.29. The Morgan fingerprint density at radius 3 is 2.16 bits per heavy atom. The number of ketones is 1. The molecule has 0 N–H and O–H groups in total. The Kier molecular flexibility index (Phi) is 3.13. The number of halogens is 2. The van der Waals surface area contributed by atoms with Crippen LogP contribution in [-0.4, -0.2) is 29.8 Å². The van der Waals surface area contributed by atoms with Gasteiger partial charge in [-0.2, -0.15) is 0 Å². The second kappa shape index (κ2) is 4.67. The van der Waals surface area contributed by atoms with Crippen LogP contribution in [-0.2, 0) is 0 Å². The largest absolute Gasteiger partial charge is 0.300 e. The molecule has 2 unspecified atom stereocenters. The molecular formula is C15H17F2NO. The summed E-state index contributed by atoms with van der Waals surface area (Å²) in [5, 5.41) is 0. The van der Waals surface area contributed by atoms with Crippen molar-refractivity contribution in [2.75, 3.05) is 7.05 Å². The van der Waals surface area contributed by atoms with Gasteiger partial charge in [-0.1, -0.05) is 0 Å². The first-order chi connectivity index (χ1) is 9.04. The molecule has 2 saturated heterocycles. The zero-order valence-corrected chi connectivity index (χ0v) is 10.9. The summed E-state index contributed by atoms with van der Waals surface area (Å²) in [5.41, 5.74) is 0.173. The summed E-state index contributed by atoms with van der Waals surface area (Å²) in [4.78, 5) is 14.7. The van der Waals surface area contributed by atoms with E-state index in [0.717, 1.165) is 43.9 Å². The van der Waals surface area contributed by atoms with Gasteiger partial charge in [0.25, 0.3) is 0 Å². The van der Waals surface area contributed by atoms with Gasteiger partial charge in [0, 0.05) is 29.6 Å². The number of carbonyl (C=O) groups excluding carboxylic acids is 1. The summed E-state index contributed by atoms with van der Waals surface area (Å²) in [6.07, 6.45) is 3.87. The lowest BCUT2D eigenvalue weighted by Gasteiger charge is -2.35. The fraction of sp³-hybridized carbons (Fsp3) is 0.533. The minimum Gasteiger partial charge on any atom is -0.300 e. The zero-order chi connectivity index (χ0) is 13.6. The van der Waals surface area contributed by atoms with Crippen molar-refractivity contribution in [2.45, 2.75) is 37.8 Å². The van der Waals surface area contributed by atoms with E-state index in [1.807, 2.05) is 0 Å². The van der Waals surface area contributed by atoms with Gasteiger partial charge in [-0.3, -0.25) is 4.79 Å². The van der Waals surface area contributed by atoms with Crippen LogP contribution in [0.2, 0.25) is 0 Å². The Labute approximate surface area is 111 Å². The fourth-order valence-corrected chi connectivity index (χ4v) is 3.56. The van der Waals surface area contributed by atoms with Crippen LogP contribution in [0.3, 0.4) is 0 Å². The fourth-order valence-electron chi connectivity index (χ4n) is 3.56. The molecule has 2 nitrogen and oxygen atoms in total. The average Bonchev–Trinajstić information content (AvgIpc) is 2.60. The maximum absolute atomic E-state index is 13.2. The molecule has 2 atom stereocenters. The normalized spacial score (nSPS) is 30.6. The van der Waals surface area contributed by atoms with Gasteiger partial charge in [-0.15, -0.1) is 0 Å². The molecule has 1 aromatic carbocycles. The Bertz CT molecular complexity index is 483. The highest BCUT2D eigenvalue weighted by Gasteiger charge is 2.41. The van der Waals surface area contributed by atoms with Crippen LogP contribution >= 0.6 is 0 Å². The van der Waals surface area contributed by atoms with Crippen LogP contribution in [0.15, 0.2) is 18.2 Å². The van der Waals surface area contributed by atoms with E-state index in [4.69, 9.17) is 0 Å². The van der Waals surface area contributed by atoms with E-state index in [0.29, 0.717) is 12.1 Å². The van der Waals surface area contributed by atoms with Crippen LogP contribution in [0.5, 0.6) is 0 Å². The first kappa shape index (κ1) is 12.7. The van der Waals surface area contributed by atoms with Crippen molar-refractivity contribution in [3.8, 4) is 0 Å². The molecule has 2 heterocycles. The summed E-state index contributed by atoms with van der Waals surface area (Å²) < 4.78 is 26.4. The lowest BCUT2D eigenvalue weighted by atomic mass is 9.85. The Morgan fingerprint density at radius 1 is 1.11 bits per heavy atom. The van der Waals surface area contributed by atoms with Crippen molar-refractivity contribution < 1.29 is 13.6 Å². The van der Waals surface area contributed by atoms with Gasteiger partial charge in [-0.05, 0) is 44.9 Å². The van der Waals surface area contributed by atoms with Crippen LogP contribution < -0.4 is 0 Å². The van der Waals surface area contributed by atoms with Gasteiger partial charge >= 0.3 is 0 Å². The number of benzene rings is 1. The first-order valence-corrected chi connectivity index (χ1v) is 6.77. The molecule has 0 spiro atoms. The number of hydrogen-bond acceptors (Lipinski definition) is 2. The summed E-state index contributed by atoms with van der Waals surface area (Å²) in [5.74, 6) is -1.56. The van der Waals surface area contributed by atoms with E-state index in [1.165, 1.54) is 0 Å². The second-order valence-corrected chi connectivity index (χ2v) is 5.74. The van der Waals surface area contributed by atoms with Gasteiger partial charge in [0.15, 0.2) is 5.78 Å². The van der Waals surface area contributed by atoms with Crippen LogP contribution in [0, 0.1) is 17.6 Å². The smallest absolute Gasteiger partial charge is 0.166 e. The number of carbonyl (C=O) groups is 1. The standard InChI is InChI=1S/C15H17F2NO/c1-18-13-2-3-14(18)7-10(6-13)15(19)9-4-11(16)8-12(17)5-9/h4-5,8,10,13-14H,2-3,6-7H2,1H3. The third-order valence-electron chi connectivity index (χ3n) is 4.62. The maximum atomic E-state index is 13.2. The third-order valence-corrected chi connectivity index (χ3v) is 4.62. The van der Waals surface area contributed by atoms with Crippen molar-refractivity contribution in [3.63, 3.8) is 0 Å². The summed E-state index contributed by atoms with van der Waals surface area (Å²) in [6, 6.07) is 3.99.